The van der Waals surface area contributed by atoms with Gasteiger partial charge in [0, 0.05) is 6.07 Å². The topological polar surface area (TPSA) is 55.8 Å². The number of carboxylic acid groups (broad SMARTS) is 1. The van der Waals surface area contributed by atoms with Gasteiger partial charge in [0.15, 0.2) is 0 Å². The van der Waals surface area contributed by atoms with Crippen molar-refractivity contribution in [2.75, 3.05) is 7.11 Å². The van der Waals surface area contributed by atoms with Gasteiger partial charge in [-0.25, -0.2) is 4.79 Å². The fourth-order valence-electron chi connectivity index (χ4n) is 1.80. The fourth-order valence-corrected chi connectivity index (χ4v) is 1.80. The summed E-state index contributed by atoms with van der Waals surface area (Å²) in [5.74, 6) is 0.379. The van der Waals surface area contributed by atoms with Crippen LogP contribution >= 0.6 is 0 Å². The van der Waals surface area contributed by atoms with E-state index in [1.165, 1.54) is 13.2 Å². The summed E-state index contributed by atoms with van der Waals surface area (Å²) in [6.45, 7) is 3.99. The molecule has 0 aliphatic heterocycles. The minimum Gasteiger partial charge on any atom is -0.497 e. The molecule has 0 bridgehead atoms. The van der Waals surface area contributed by atoms with E-state index >= 15 is 0 Å². The Balaban J connectivity index is 2.40. The van der Waals surface area contributed by atoms with Crippen molar-refractivity contribution in [3.63, 3.8) is 0 Å². The van der Waals surface area contributed by atoms with Crippen LogP contribution in [0.25, 0.3) is 0 Å². The van der Waals surface area contributed by atoms with Crippen LogP contribution < -0.4 is 9.47 Å². The minimum atomic E-state index is -1.04. The minimum absolute atomic E-state index is 0.101. The zero-order valence-corrected chi connectivity index (χ0v) is 11.6. The first-order chi connectivity index (χ1) is 9.51. The first kappa shape index (κ1) is 13.9. The molecule has 0 saturated carbocycles. The molecule has 0 atom stereocenters. The maximum absolute atomic E-state index is 11.2. The molecule has 0 radical (unpaired) electrons. The molecule has 20 heavy (non-hydrogen) atoms. The van der Waals surface area contributed by atoms with Crippen LogP contribution in [0.1, 0.15) is 21.5 Å². The maximum Gasteiger partial charge on any atom is 0.339 e. The third-order valence-electron chi connectivity index (χ3n) is 3.13. The molecule has 0 spiro atoms. The highest BCUT2D eigenvalue weighted by molar-refractivity contribution is 5.91. The smallest absolute Gasteiger partial charge is 0.339 e. The molecular weight excluding hydrogens is 256 g/mol. The molecule has 4 nitrogen and oxygen atoms in total. The van der Waals surface area contributed by atoms with Crippen LogP contribution in [0.15, 0.2) is 36.4 Å². The van der Waals surface area contributed by atoms with Gasteiger partial charge in [0.05, 0.1) is 7.11 Å². The number of aryl methyl sites for hydroxylation is 2. The van der Waals surface area contributed by atoms with Crippen molar-refractivity contribution in [3.8, 4) is 17.2 Å². The van der Waals surface area contributed by atoms with Crippen LogP contribution in [-0.2, 0) is 0 Å². The normalized spacial score (nSPS) is 10.2. The Morgan fingerprint density at radius 3 is 2.30 bits per heavy atom. The van der Waals surface area contributed by atoms with Gasteiger partial charge < -0.3 is 14.6 Å². The van der Waals surface area contributed by atoms with Gasteiger partial charge in [-0.15, -0.1) is 0 Å². The van der Waals surface area contributed by atoms with Gasteiger partial charge in [-0.2, -0.15) is 0 Å². The second-order valence-corrected chi connectivity index (χ2v) is 4.52. The monoisotopic (exact) mass is 272 g/mol. The predicted octanol–water partition coefficient (Wildman–Crippen LogP) is 3.80. The molecule has 0 amide bonds. The van der Waals surface area contributed by atoms with E-state index in [4.69, 9.17) is 9.47 Å². The van der Waals surface area contributed by atoms with E-state index in [0.29, 0.717) is 11.5 Å². The van der Waals surface area contributed by atoms with Crippen LogP contribution in [0, 0.1) is 13.8 Å². The Hall–Kier alpha value is -2.49. The number of rotatable bonds is 4. The van der Waals surface area contributed by atoms with E-state index in [9.17, 15) is 9.90 Å². The van der Waals surface area contributed by atoms with E-state index in [1.54, 1.807) is 12.1 Å². The molecule has 2 aromatic carbocycles. The van der Waals surface area contributed by atoms with Gasteiger partial charge in [0.1, 0.15) is 22.8 Å². The number of hydrogen-bond acceptors (Lipinski definition) is 3. The number of carboxylic acids is 1. The molecule has 2 rings (SSSR count). The van der Waals surface area contributed by atoms with Crippen molar-refractivity contribution in [1.82, 2.24) is 0 Å². The number of benzene rings is 2. The van der Waals surface area contributed by atoms with Crippen LogP contribution in [-0.4, -0.2) is 18.2 Å². The van der Waals surface area contributed by atoms with Crippen LogP contribution in [0.3, 0.4) is 0 Å². The summed E-state index contributed by atoms with van der Waals surface area (Å²) >= 11 is 0. The van der Waals surface area contributed by atoms with Crippen LogP contribution in [0.5, 0.6) is 17.2 Å². The standard InChI is InChI=1S/C16H16O4/c1-10-4-5-13(8-11(10)2)20-15-9-12(19-3)6-7-14(15)16(17)18/h4-9H,1-3H3,(H,17,18). The fraction of sp³-hybridized carbons (Fsp3) is 0.188. The molecule has 0 saturated heterocycles. The highest BCUT2D eigenvalue weighted by Crippen LogP contribution is 2.30. The van der Waals surface area contributed by atoms with E-state index < -0.39 is 5.97 Å². The summed E-state index contributed by atoms with van der Waals surface area (Å²) in [6.07, 6.45) is 0. The quantitative estimate of drug-likeness (QED) is 0.919. The Labute approximate surface area is 117 Å². The SMILES string of the molecule is COc1ccc(C(=O)O)c(Oc2ccc(C)c(C)c2)c1. The highest BCUT2D eigenvalue weighted by Gasteiger charge is 2.13. The Bertz CT molecular complexity index is 647. The number of hydrogen-bond donors (Lipinski definition) is 1. The van der Waals surface area contributed by atoms with Crippen LogP contribution in [0.4, 0.5) is 0 Å². The predicted molar refractivity (Wildman–Crippen MR) is 75.9 cm³/mol. The van der Waals surface area contributed by atoms with Crippen LogP contribution in [0.2, 0.25) is 0 Å². The first-order valence-corrected chi connectivity index (χ1v) is 6.17. The summed E-state index contributed by atoms with van der Waals surface area (Å²) in [7, 11) is 1.52. The van der Waals surface area contributed by atoms with Crippen molar-refractivity contribution >= 4 is 5.97 Å². The maximum atomic E-state index is 11.2. The van der Waals surface area contributed by atoms with E-state index in [1.807, 2.05) is 32.0 Å². The van der Waals surface area contributed by atoms with Crippen molar-refractivity contribution in [3.05, 3.63) is 53.1 Å². The summed E-state index contributed by atoms with van der Waals surface area (Å²) in [5.41, 5.74) is 2.34. The lowest BCUT2D eigenvalue weighted by Crippen LogP contribution is -2.00. The highest BCUT2D eigenvalue weighted by atomic mass is 16.5. The molecule has 104 valence electrons. The molecule has 0 fully saturated rings. The number of carbonyl (C=O) groups is 1. The van der Waals surface area contributed by atoms with Crippen molar-refractivity contribution in [2.45, 2.75) is 13.8 Å². The molecular formula is C16H16O4. The molecule has 0 aliphatic carbocycles. The molecule has 0 unspecified atom stereocenters. The van der Waals surface area contributed by atoms with Crippen molar-refractivity contribution in [2.24, 2.45) is 0 Å². The summed E-state index contributed by atoms with van der Waals surface area (Å²) in [4.78, 5) is 11.2. The third-order valence-corrected chi connectivity index (χ3v) is 3.13. The van der Waals surface area contributed by atoms with Gasteiger partial charge in [-0.05, 0) is 49.2 Å². The zero-order valence-electron chi connectivity index (χ0n) is 11.6. The van der Waals surface area contributed by atoms with Crippen molar-refractivity contribution in [1.29, 1.82) is 0 Å². The molecule has 0 aliphatic rings. The van der Waals surface area contributed by atoms with E-state index in [-0.39, 0.29) is 11.3 Å². The second-order valence-electron chi connectivity index (χ2n) is 4.52. The lowest BCUT2D eigenvalue weighted by molar-refractivity contribution is 0.0694. The van der Waals surface area contributed by atoms with Gasteiger partial charge in [-0.1, -0.05) is 6.07 Å². The third kappa shape index (κ3) is 2.91. The molecule has 0 heterocycles. The largest absolute Gasteiger partial charge is 0.497 e. The molecule has 1 N–H and O–H groups in total. The molecule has 2 aromatic rings. The lowest BCUT2D eigenvalue weighted by atomic mass is 10.1. The van der Waals surface area contributed by atoms with E-state index in [0.717, 1.165) is 11.1 Å². The number of methoxy groups -OCH3 is 1. The zero-order chi connectivity index (χ0) is 14.7. The number of ether oxygens (including phenoxy) is 2. The molecule has 4 heteroatoms. The summed E-state index contributed by atoms with van der Waals surface area (Å²) in [5, 5.41) is 9.19. The molecule has 0 aromatic heterocycles. The first-order valence-electron chi connectivity index (χ1n) is 6.17. The van der Waals surface area contributed by atoms with Gasteiger partial charge in [0.25, 0.3) is 0 Å². The Morgan fingerprint density at radius 2 is 1.70 bits per heavy atom. The van der Waals surface area contributed by atoms with Gasteiger partial charge in [0.2, 0.25) is 0 Å². The number of aromatic carboxylic acids is 1. The van der Waals surface area contributed by atoms with Gasteiger partial charge in [-0.3, -0.25) is 0 Å². The van der Waals surface area contributed by atoms with E-state index in [2.05, 4.69) is 0 Å². The van der Waals surface area contributed by atoms with Crippen molar-refractivity contribution < 1.29 is 19.4 Å². The average Bonchev–Trinajstić information content (AvgIpc) is 2.42. The summed E-state index contributed by atoms with van der Waals surface area (Å²) < 4.78 is 10.8. The summed E-state index contributed by atoms with van der Waals surface area (Å²) in [6, 6.07) is 10.3. The average molecular weight is 272 g/mol. The Kier molecular flexibility index (Phi) is 3.94. The lowest BCUT2D eigenvalue weighted by Gasteiger charge is -2.11. The van der Waals surface area contributed by atoms with Gasteiger partial charge >= 0.3 is 5.97 Å². The Morgan fingerprint density at radius 1 is 1.00 bits per heavy atom. The second kappa shape index (κ2) is 5.65.